The Morgan fingerprint density at radius 1 is 1.08 bits per heavy atom. The fourth-order valence-electron chi connectivity index (χ4n) is 4.16. The minimum atomic E-state index is -1.17. The average Bonchev–Trinajstić information content (AvgIpc) is 3.19. The minimum absolute atomic E-state index is 0.0430. The van der Waals surface area contributed by atoms with Crippen LogP contribution in [0.4, 0.5) is 4.39 Å². The number of esters is 1. The van der Waals surface area contributed by atoms with Gasteiger partial charge in [-0.05, 0) is 37.1 Å². The average molecular weight is 509 g/mol. The first-order chi connectivity index (χ1) is 17.9. The van der Waals surface area contributed by atoms with Gasteiger partial charge in [-0.2, -0.15) is 0 Å². The second-order valence-electron chi connectivity index (χ2n) is 8.94. The zero-order valence-electron chi connectivity index (χ0n) is 20.6. The van der Waals surface area contributed by atoms with Gasteiger partial charge in [-0.15, -0.1) is 5.73 Å². The number of halogens is 1. The molecule has 5 atom stereocenters. The highest BCUT2D eigenvalue weighted by atomic mass is 19.1. The molecule has 0 spiro atoms. The van der Waals surface area contributed by atoms with Gasteiger partial charge < -0.3 is 19.7 Å². The fraction of sp³-hybridized carbons (Fsp3) is 0.367. The quantitative estimate of drug-likeness (QED) is 0.177. The van der Waals surface area contributed by atoms with Crippen LogP contribution >= 0.6 is 0 Å². The van der Waals surface area contributed by atoms with E-state index in [1.807, 2.05) is 18.2 Å². The highest BCUT2D eigenvalue weighted by Crippen LogP contribution is 2.38. The van der Waals surface area contributed by atoms with Gasteiger partial charge in [0.2, 0.25) is 0 Å². The van der Waals surface area contributed by atoms with Crippen LogP contribution < -0.4 is 4.74 Å². The van der Waals surface area contributed by atoms with E-state index in [4.69, 9.17) is 9.47 Å². The summed E-state index contributed by atoms with van der Waals surface area (Å²) in [5.74, 6) is -0.975. The van der Waals surface area contributed by atoms with Crippen molar-refractivity contribution >= 4 is 11.8 Å². The van der Waals surface area contributed by atoms with Crippen molar-refractivity contribution in [3.05, 3.63) is 96.3 Å². The summed E-state index contributed by atoms with van der Waals surface area (Å²) in [6, 6.07) is 17.7. The molecule has 0 amide bonds. The van der Waals surface area contributed by atoms with E-state index in [0.717, 1.165) is 0 Å². The van der Waals surface area contributed by atoms with Gasteiger partial charge in [-0.1, -0.05) is 60.7 Å². The molecule has 1 aliphatic carbocycles. The number of hydrogen-bond acceptors (Lipinski definition) is 6. The number of carbonyl (C=O) groups is 2. The lowest BCUT2D eigenvalue weighted by Crippen LogP contribution is -2.20. The van der Waals surface area contributed by atoms with Crippen molar-refractivity contribution in [2.45, 2.75) is 44.1 Å². The summed E-state index contributed by atoms with van der Waals surface area (Å²) < 4.78 is 25.0. The Morgan fingerprint density at radius 2 is 1.78 bits per heavy atom. The molecule has 37 heavy (non-hydrogen) atoms. The van der Waals surface area contributed by atoms with Crippen molar-refractivity contribution < 1.29 is 33.7 Å². The second kappa shape index (κ2) is 14.9. The summed E-state index contributed by atoms with van der Waals surface area (Å²) in [5, 5.41) is 20.5. The number of hydrogen-bond donors (Lipinski definition) is 2. The molecule has 196 valence electrons. The first kappa shape index (κ1) is 28.1. The topological polar surface area (TPSA) is 93.1 Å². The SMILES string of the molecule is O=C(CCC=C=CC[C@@H]1[C@@H](/C=C/[C@@H](O)COc2ccccc2)[C@H](O)C[C@H]1F)OCC(=O)c1ccccc1. The van der Waals surface area contributed by atoms with E-state index >= 15 is 0 Å². The van der Waals surface area contributed by atoms with Crippen LogP contribution in [0.5, 0.6) is 5.75 Å². The number of para-hydroxylation sites is 1. The minimum Gasteiger partial charge on any atom is -0.491 e. The van der Waals surface area contributed by atoms with Crippen molar-refractivity contribution in [1.82, 2.24) is 0 Å². The van der Waals surface area contributed by atoms with E-state index in [-0.39, 0.29) is 31.8 Å². The van der Waals surface area contributed by atoms with Gasteiger partial charge >= 0.3 is 5.97 Å². The van der Waals surface area contributed by atoms with Crippen molar-refractivity contribution in [2.75, 3.05) is 13.2 Å². The number of aliphatic hydroxyl groups excluding tert-OH is 2. The van der Waals surface area contributed by atoms with Gasteiger partial charge in [-0.25, -0.2) is 4.39 Å². The molecule has 0 aromatic heterocycles. The van der Waals surface area contributed by atoms with Crippen molar-refractivity contribution in [2.24, 2.45) is 11.8 Å². The van der Waals surface area contributed by atoms with Gasteiger partial charge in [0.25, 0.3) is 0 Å². The van der Waals surface area contributed by atoms with Crippen LogP contribution in [0.25, 0.3) is 0 Å². The third-order valence-electron chi connectivity index (χ3n) is 6.17. The number of aliphatic hydroxyl groups is 2. The molecule has 1 fully saturated rings. The Bertz CT molecular complexity index is 1080. The number of rotatable bonds is 13. The Hall–Kier alpha value is -3.51. The van der Waals surface area contributed by atoms with E-state index < -0.39 is 36.2 Å². The number of allylic oxidation sites excluding steroid dienone is 1. The third-order valence-corrected chi connectivity index (χ3v) is 6.17. The monoisotopic (exact) mass is 508 g/mol. The van der Waals surface area contributed by atoms with Crippen molar-refractivity contribution in [1.29, 1.82) is 0 Å². The molecule has 0 bridgehead atoms. The largest absolute Gasteiger partial charge is 0.491 e. The predicted molar refractivity (Wildman–Crippen MR) is 138 cm³/mol. The lowest BCUT2D eigenvalue weighted by Gasteiger charge is -2.18. The molecular formula is C30H33FO6. The van der Waals surface area contributed by atoms with Crippen LogP contribution in [-0.2, 0) is 9.53 Å². The van der Waals surface area contributed by atoms with E-state index in [0.29, 0.717) is 24.2 Å². The van der Waals surface area contributed by atoms with Crippen LogP contribution in [0.2, 0.25) is 0 Å². The Labute approximate surface area is 216 Å². The lowest BCUT2D eigenvalue weighted by atomic mass is 9.90. The third kappa shape index (κ3) is 9.47. The maximum Gasteiger partial charge on any atom is 0.306 e. The first-order valence-electron chi connectivity index (χ1n) is 12.4. The van der Waals surface area contributed by atoms with Crippen LogP contribution in [-0.4, -0.2) is 53.6 Å². The van der Waals surface area contributed by atoms with Crippen LogP contribution in [0.3, 0.4) is 0 Å². The highest BCUT2D eigenvalue weighted by molar-refractivity contribution is 5.97. The fourth-order valence-corrected chi connectivity index (χ4v) is 4.16. The number of benzene rings is 2. The first-order valence-corrected chi connectivity index (χ1v) is 12.4. The number of ketones is 1. The molecule has 6 nitrogen and oxygen atoms in total. The van der Waals surface area contributed by atoms with Crippen LogP contribution in [0.15, 0.2) is 90.7 Å². The Morgan fingerprint density at radius 3 is 2.51 bits per heavy atom. The molecule has 7 heteroatoms. The Balaban J connectivity index is 1.40. The summed E-state index contributed by atoms with van der Waals surface area (Å²) in [5.41, 5.74) is 3.44. The van der Waals surface area contributed by atoms with E-state index in [2.05, 4.69) is 5.73 Å². The molecule has 2 aromatic carbocycles. The van der Waals surface area contributed by atoms with Gasteiger partial charge in [0.15, 0.2) is 12.4 Å². The van der Waals surface area contributed by atoms with Gasteiger partial charge in [-0.3, -0.25) is 9.59 Å². The van der Waals surface area contributed by atoms with Gasteiger partial charge in [0.1, 0.15) is 24.6 Å². The molecule has 0 unspecified atom stereocenters. The maximum atomic E-state index is 14.5. The number of alkyl halides is 1. The number of ether oxygens (including phenoxy) is 2. The standard InChI is InChI=1S/C30H33FO6/c31-27-19-28(33)26(18-17-23(32)20-36-24-13-7-4-8-14-24)25(27)15-9-1-2-10-16-30(35)37-21-29(34)22-11-5-3-6-12-22/h2-9,11-14,17-18,23,25-28,32-33H,10,15-16,19-21H2/b18-17+/t1?,23-,25-,26-,27-,28-/m1/s1. The maximum absolute atomic E-state index is 14.5. The molecule has 0 radical (unpaired) electrons. The highest BCUT2D eigenvalue weighted by Gasteiger charge is 2.40. The molecule has 0 heterocycles. The molecule has 0 aliphatic heterocycles. The zero-order chi connectivity index (χ0) is 26.5. The summed E-state index contributed by atoms with van der Waals surface area (Å²) in [7, 11) is 0. The number of carbonyl (C=O) groups excluding carboxylic acids is 2. The molecular weight excluding hydrogens is 475 g/mol. The predicted octanol–water partition coefficient (Wildman–Crippen LogP) is 4.63. The smallest absolute Gasteiger partial charge is 0.306 e. The van der Waals surface area contributed by atoms with E-state index in [1.54, 1.807) is 60.7 Å². The van der Waals surface area contributed by atoms with Gasteiger partial charge in [0, 0.05) is 30.2 Å². The summed E-state index contributed by atoms with van der Waals surface area (Å²) in [6.45, 7) is -0.245. The molecule has 1 aliphatic rings. The van der Waals surface area contributed by atoms with Crippen molar-refractivity contribution in [3.8, 4) is 5.75 Å². The summed E-state index contributed by atoms with van der Waals surface area (Å²) in [4.78, 5) is 23.8. The van der Waals surface area contributed by atoms with Crippen LogP contribution in [0, 0.1) is 11.8 Å². The summed E-state index contributed by atoms with van der Waals surface area (Å²) >= 11 is 0. The Kier molecular flexibility index (Phi) is 11.3. The van der Waals surface area contributed by atoms with Gasteiger partial charge in [0.05, 0.1) is 6.10 Å². The van der Waals surface area contributed by atoms with E-state index in [9.17, 15) is 24.2 Å². The normalized spacial score (nSPS) is 21.7. The molecule has 0 saturated heterocycles. The van der Waals surface area contributed by atoms with Crippen LogP contribution in [0.1, 0.15) is 36.0 Å². The molecule has 2 aromatic rings. The molecule has 3 rings (SSSR count). The number of Topliss-reactive ketones (excluding diaryl/α,β-unsaturated/α-hetero) is 1. The molecule has 2 N–H and O–H groups in total. The second-order valence-corrected chi connectivity index (χ2v) is 8.94. The van der Waals surface area contributed by atoms with Crippen molar-refractivity contribution in [3.63, 3.8) is 0 Å². The summed E-state index contributed by atoms with van der Waals surface area (Å²) in [6.07, 6.45) is 4.55. The molecule has 1 saturated carbocycles. The lowest BCUT2D eigenvalue weighted by molar-refractivity contribution is -0.142. The zero-order valence-corrected chi connectivity index (χ0v) is 20.6. The van der Waals surface area contributed by atoms with E-state index in [1.165, 1.54) is 6.08 Å².